The molecule has 96 valence electrons. The highest BCUT2D eigenvalue weighted by molar-refractivity contribution is 6.31. The van der Waals surface area contributed by atoms with E-state index in [1.807, 2.05) is 0 Å². The average molecular weight is 257 g/mol. The molecule has 0 aromatic rings. The SMILES string of the molecule is CC1(C)COC2(CC3CCCCCC3=C2Cl)O1. The van der Waals surface area contributed by atoms with Gasteiger partial charge in [-0.1, -0.05) is 24.4 Å². The Bertz CT molecular complexity index is 361. The lowest BCUT2D eigenvalue weighted by Gasteiger charge is -2.26. The summed E-state index contributed by atoms with van der Waals surface area (Å²) in [6, 6.07) is 0. The van der Waals surface area contributed by atoms with E-state index < -0.39 is 5.79 Å². The van der Waals surface area contributed by atoms with E-state index in [-0.39, 0.29) is 5.60 Å². The van der Waals surface area contributed by atoms with Crippen LogP contribution in [0.25, 0.3) is 0 Å². The Kier molecular flexibility index (Phi) is 2.81. The predicted octanol–water partition coefficient (Wildman–Crippen LogP) is 3.99. The van der Waals surface area contributed by atoms with Crippen LogP contribution in [0.3, 0.4) is 0 Å². The molecule has 0 N–H and O–H groups in total. The van der Waals surface area contributed by atoms with Gasteiger partial charge in [0.15, 0.2) is 0 Å². The normalized spacial score (nSPS) is 40.8. The first-order valence-electron chi connectivity index (χ1n) is 6.76. The largest absolute Gasteiger partial charge is 0.342 e. The lowest BCUT2D eigenvalue weighted by Crippen LogP contribution is -2.32. The molecule has 1 spiro atoms. The molecule has 0 aromatic heterocycles. The zero-order chi connectivity index (χ0) is 12.1. The van der Waals surface area contributed by atoms with Gasteiger partial charge < -0.3 is 9.47 Å². The van der Waals surface area contributed by atoms with Crippen molar-refractivity contribution in [2.75, 3.05) is 6.61 Å². The van der Waals surface area contributed by atoms with Gasteiger partial charge >= 0.3 is 0 Å². The Morgan fingerprint density at radius 2 is 2.06 bits per heavy atom. The van der Waals surface area contributed by atoms with E-state index in [0.717, 1.165) is 17.9 Å². The molecule has 0 radical (unpaired) electrons. The van der Waals surface area contributed by atoms with Crippen molar-refractivity contribution < 1.29 is 9.47 Å². The number of rotatable bonds is 0. The van der Waals surface area contributed by atoms with E-state index in [9.17, 15) is 0 Å². The molecule has 2 fully saturated rings. The van der Waals surface area contributed by atoms with Crippen LogP contribution in [-0.2, 0) is 9.47 Å². The van der Waals surface area contributed by atoms with E-state index in [0.29, 0.717) is 12.5 Å². The number of allylic oxidation sites excluding steroid dienone is 1. The zero-order valence-electron chi connectivity index (χ0n) is 10.7. The summed E-state index contributed by atoms with van der Waals surface area (Å²) in [5, 5.41) is 0.870. The first kappa shape index (κ1) is 12.0. The second kappa shape index (κ2) is 3.97. The molecule has 0 bridgehead atoms. The molecule has 3 aliphatic rings. The first-order valence-corrected chi connectivity index (χ1v) is 7.13. The van der Waals surface area contributed by atoms with Gasteiger partial charge in [0.2, 0.25) is 5.79 Å². The van der Waals surface area contributed by atoms with E-state index in [1.165, 1.54) is 31.3 Å². The number of hydrogen-bond donors (Lipinski definition) is 0. The van der Waals surface area contributed by atoms with Crippen molar-refractivity contribution in [3.63, 3.8) is 0 Å². The molecule has 3 rings (SSSR count). The summed E-state index contributed by atoms with van der Waals surface area (Å²) in [6.45, 7) is 4.79. The maximum Gasteiger partial charge on any atom is 0.206 e. The number of halogens is 1. The van der Waals surface area contributed by atoms with Crippen LogP contribution in [0.1, 0.15) is 52.4 Å². The molecule has 1 saturated heterocycles. The monoisotopic (exact) mass is 256 g/mol. The molecule has 2 nitrogen and oxygen atoms in total. The van der Waals surface area contributed by atoms with Crippen LogP contribution in [0.2, 0.25) is 0 Å². The van der Waals surface area contributed by atoms with Crippen molar-refractivity contribution in [3.05, 3.63) is 10.6 Å². The summed E-state index contributed by atoms with van der Waals surface area (Å²) in [4.78, 5) is 0. The maximum atomic E-state index is 6.58. The molecule has 0 aromatic carbocycles. The number of ether oxygens (including phenoxy) is 2. The Morgan fingerprint density at radius 1 is 1.24 bits per heavy atom. The van der Waals surface area contributed by atoms with Crippen molar-refractivity contribution >= 4 is 11.6 Å². The fourth-order valence-electron chi connectivity index (χ4n) is 3.44. The van der Waals surface area contributed by atoms with Gasteiger partial charge in [0.25, 0.3) is 0 Å². The fourth-order valence-corrected chi connectivity index (χ4v) is 3.86. The molecule has 1 aliphatic heterocycles. The Labute approximate surface area is 108 Å². The van der Waals surface area contributed by atoms with E-state index in [1.54, 1.807) is 0 Å². The van der Waals surface area contributed by atoms with Crippen LogP contribution in [0.4, 0.5) is 0 Å². The van der Waals surface area contributed by atoms with Gasteiger partial charge in [0, 0.05) is 6.42 Å². The number of fused-ring (bicyclic) bond motifs is 1. The van der Waals surface area contributed by atoms with Crippen molar-refractivity contribution in [2.45, 2.75) is 63.8 Å². The van der Waals surface area contributed by atoms with Gasteiger partial charge in [-0.3, -0.25) is 0 Å². The van der Waals surface area contributed by atoms with Crippen LogP contribution in [-0.4, -0.2) is 18.0 Å². The third kappa shape index (κ3) is 1.94. The second-order valence-corrected chi connectivity index (χ2v) is 6.62. The van der Waals surface area contributed by atoms with Crippen LogP contribution in [0.5, 0.6) is 0 Å². The molecule has 2 aliphatic carbocycles. The third-order valence-electron chi connectivity index (χ3n) is 4.22. The third-order valence-corrected chi connectivity index (χ3v) is 4.75. The quantitative estimate of drug-likeness (QED) is 0.653. The van der Waals surface area contributed by atoms with Crippen LogP contribution in [0.15, 0.2) is 10.6 Å². The molecule has 3 heteroatoms. The minimum Gasteiger partial charge on any atom is -0.342 e. The molecular formula is C14H21ClO2. The lowest BCUT2D eigenvalue weighted by atomic mass is 9.96. The second-order valence-electron chi connectivity index (χ2n) is 6.24. The summed E-state index contributed by atoms with van der Waals surface area (Å²) in [5.74, 6) is 0.00136. The Balaban J connectivity index is 1.90. The smallest absolute Gasteiger partial charge is 0.206 e. The van der Waals surface area contributed by atoms with Gasteiger partial charge in [-0.2, -0.15) is 0 Å². The maximum absolute atomic E-state index is 6.58. The van der Waals surface area contributed by atoms with Gasteiger partial charge in [0.05, 0.1) is 17.2 Å². The summed E-state index contributed by atoms with van der Waals surface area (Å²) in [7, 11) is 0. The fraction of sp³-hybridized carbons (Fsp3) is 0.857. The molecule has 2 atom stereocenters. The van der Waals surface area contributed by atoms with E-state index in [4.69, 9.17) is 21.1 Å². The van der Waals surface area contributed by atoms with Gasteiger partial charge in [-0.25, -0.2) is 0 Å². The minimum atomic E-state index is -0.595. The summed E-state index contributed by atoms with van der Waals surface area (Å²) >= 11 is 6.58. The first-order chi connectivity index (χ1) is 8.03. The lowest BCUT2D eigenvalue weighted by molar-refractivity contribution is -0.151. The molecule has 0 amide bonds. The standard InChI is InChI=1S/C14H21ClO2/c1-13(2)9-16-14(17-13)8-10-6-4-3-5-7-11(10)12(14)15/h10H,3-9H2,1-2H3. The van der Waals surface area contributed by atoms with Crippen molar-refractivity contribution in [2.24, 2.45) is 5.92 Å². The van der Waals surface area contributed by atoms with Gasteiger partial charge in [-0.15, -0.1) is 0 Å². The summed E-state index contributed by atoms with van der Waals surface area (Å²) < 4.78 is 12.1. The minimum absolute atomic E-state index is 0.204. The van der Waals surface area contributed by atoms with Crippen LogP contribution in [0, 0.1) is 5.92 Å². The molecule has 1 heterocycles. The Hall–Kier alpha value is -0.0500. The van der Waals surface area contributed by atoms with Crippen molar-refractivity contribution in [3.8, 4) is 0 Å². The van der Waals surface area contributed by atoms with Crippen LogP contribution < -0.4 is 0 Å². The van der Waals surface area contributed by atoms with E-state index in [2.05, 4.69) is 13.8 Å². The molecule has 1 saturated carbocycles. The van der Waals surface area contributed by atoms with E-state index >= 15 is 0 Å². The molecule has 2 unspecified atom stereocenters. The molecular weight excluding hydrogens is 236 g/mol. The summed E-state index contributed by atoms with van der Waals surface area (Å²) in [6.07, 6.45) is 7.24. The zero-order valence-corrected chi connectivity index (χ0v) is 11.5. The highest BCUT2D eigenvalue weighted by atomic mass is 35.5. The topological polar surface area (TPSA) is 18.5 Å². The summed E-state index contributed by atoms with van der Waals surface area (Å²) in [5.41, 5.74) is 1.21. The van der Waals surface area contributed by atoms with Gasteiger partial charge in [-0.05, 0) is 44.6 Å². The van der Waals surface area contributed by atoms with Gasteiger partial charge in [0.1, 0.15) is 0 Å². The van der Waals surface area contributed by atoms with Crippen LogP contribution >= 0.6 is 11.6 Å². The average Bonchev–Trinajstić information content (AvgIpc) is 2.59. The number of hydrogen-bond acceptors (Lipinski definition) is 2. The predicted molar refractivity (Wildman–Crippen MR) is 67.9 cm³/mol. The highest BCUT2D eigenvalue weighted by Crippen LogP contribution is 2.53. The highest BCUT2D eigenvalue weighted by Gasteiger charge is 2.54. The van der Waals surface area contributed by atoms with Crippen molar-refractivity contribution in [1.29, 1.82) is 0 Å². The van der Waals surface area contributed by atoms with Crippen molar-refractivity contribution in [1.82, 2.24) is 0 Å². The Morgan fingerprint density at radius 3 is 2.76 bits per heavy atom. The molecule has 17 heavy (non-hydrogen) atoms.